The number of hydrogen-bond donors (Lipinski definition) is 1. The molecule has 2 rings (SSSR count). The van der Waals surface area contributed by atoms with Gasteiger partial charge in [0.15, 0.2) is 0 Å². The van der Waals surface area contributed by atoms with Crippen LogP contribution >= 0.6 is 0 Å². The average molecular weight is 207 g/mol. The maximum atomic E-state index is 12.7. The van der Waals surface area contributed by atoms with Gasteiger partial charge in [0.2, 0.25) is 11.8 Å². The zero-order valence-corrected chi connectivity index (χ0v) is 8.21. The minimum absolute atomic E-state index is 0.122. The highest BCUT2D eigenvalue weighted by atomic mass is 19.1. The summed E-state index contributed by atoms with van der Waals surface area (Å²) in [7, 11) is 0. The highest BCUT2D eigenvalue weighted by Gasteiger charge is 2.43. The van der Waals surface area contributed by atoms with E-state index in [2.05, 4.69) is 5.32 Å². The fraction of sp³-hybridized carbons (Fsp3) is 0.273. The van der Waals surface area contributed by atoms with E-state index in [1.165, 1.54) is 24.3 Å². The zero-order valence-electron chi connectivity index (χ0n) is 8.21. The molecule has 0 aromatic heterocycles. The number of nitrogens with one attached hydrogen (secondary N) is 1. The van der Waals surface area contributed by atoms with Gasteiger partial charge in [-0.2, -0.15) is 0 Å². The van der Waals surface area contributed by atoms with Crippen LogP contribution in [0.3, 0.4) is 0 Å². The first-order chi connectivity index (χ1) is 7.02. The van der Waals surface area contributed by atoms with Crippen molar-refractivity contribution in [2.45, 2.75) is 18.8 Å². The van der Waals surface area contributed by atoms with Crippen LogP contribution < -0.4 is 5.32 Å². The first kappa shape index (κ1) is 9.83. The van der Waals surface area contributed by atoms with Gasteiger partial charge in [0, 0.05) is 6.42 Å². The van der Waals surface area contributed by atoms with Crippen molar-refractivity contribution in [3.63, 3.8) is 0 Å². The quantitative estimate of drug-likeness (QED) is 0.701. The van der Waals surface area contributed by atoms with Gasteiger partial charge >= 0.3 is 0 Å². The molecule has 1 atom stereocenters. The number of amides is 2. The number of benzene rings is 1. The van der Waals surface area contributed by atoms with Crippen LogP contribution in [0.5, 0.6) is 0 Å². The maximum absolute atomic E-state index is 12.7. The molecule has 1 aliphatic heterocycles. The van der Waals surface area contributed by atoms with E-state index in [4.69, 9.17) is 0 Å². The van der Waals surface area contributed by atoms with E-state index in [1.54, 1.807) is 6.92 Å². The Labute approximate surface area is 86.3 Å². The summed E-state index contributed by atoms with van der Waals surface area (Å²) in [6.45, 7) is 1.68. The third-order valence-corrected chi connectivity index (χ3v) is 2.75. The smallest absolute Gasteiger partial charge is 0.237 e. The van der Waals surface area contributed by atoms with Gasteiger partial charge in [-0.05, 0) is 24.6 Å². The van der Waals surface area contributed by atoms with Gasteiger partial charge in [0.1, 0.15) is 5.82 Å². The fourth-order valence-corrected chi connectivity index (χ4v) is 1.76. The number of halogens is 1. The van der Waals surface area contributed by atoms with Crippen LogP contribution in [-0.4, -0.2) is 11.8 Å². The molecule has 1 fully saturated rings. The average Bonchev–Trinajstić information content (AvgIpc) is 2.42. The highest BCUT2D eigenvalue weighted by molar-refractivity contribution is 6.08. The van der Waals surface area contributed by atoms with Gasteiger partial charge < -0.3 is 0 Å². The van der Waals surface area contributed by atoms with E-state index >= 15 is 0 Å². The molecule has 78 valence electrons. The molecule has 0 radical (unpaired) electrons. The van der Waals surface area contributed by atoms with Crippen molar-refractivity contribution >= 4 is 11.8 Å². The summed E-state index contributed by atoms with van der Waals surface area (Å²) in [6.07, 6.45) is 0.122. The van der Waals surface area contributed by atoms with Gasteiger partial charge in [-0.3, -0.25) is 14.9 Å². The Morgan fingerprint density at radius 2 is 1.87 bits per heavy atom. The van der Waals surface area contributed by atoms with Crippen molar-refractivity contribution in [2.75, 3.05) is 0 Å². The monoisotopic (exact) mass is 207 g/mol. The second-order valence-electron chi connectivity index (χ2n) is 3.89. The summed E-state index contributed by atoms with van der Waals surface area (Å²) in [5, 5.41) is 2.25. The predicted octanol–water partition coefficient (Wildman–Crippen LogP) is 1.13. The molecule has 1 aromatic rings. The lowest BCUT2D eigenvalue weighted by molar-refractivity contribution is -0.126. The molecule has 1 N–H and O–H groups in total. The largest absolute Gasteiger partial charge is 0.296 e. The SMILES string of the molecule is CC1(c2ccc(F)cc2)CC(=O)NC1=O. The Kier molecular flexibility index (Phi) is 2.07. The van der Waals surface area contributed by atoms with Crippen LogP contribution in [0.1, 0.15) is 18.9 Å². The topological polar surface area (TPSA) is 46.2 Å². The first-order valence-corrected chi connectivity index (χ1v) is 4.63. The standard InChI is InChI=1S/C11H10FNO2/c1-11(6-9(14)13-10(11)15)7-2-4-8(12)5-3-7/h2-5H,6H2,1H3,(H,13,14,15). The zero-order chi connectivity index (χ0) is 11.1. The Morgan fingerprint density at radius 1 is 1.27 bits per heavy atom. The van der Waals surface area contributed by atoms with Crippen molar-refractivity contribution in [1.29, 1.82) is 0 Å². The molecule has 4 heteroatoms. The third-order valence-electron chi connectivity index (χ3n) is 2.75. The van der Waals surface area contributed by atoms with Crippen LogP contribution in [-0.2, 0) is 15.0 Å². The molecule has 3 nitrogen and oxygen atoms in total. The summed E-state index contributed by atoms with van der Waals surface area (Å²) >= 11 is 0. The highest BCUT2D eigenvalue weighted by Crippen LogP contribution is 2.31. The molecule has 1 unspecified atom stereocenters. The summed E-state index contributed by atoms with van der Waals surface area (Å²) < 4.78 is 12.7. The van der Waals surface area contributed by atoms with E-state index in [9.17, 15) is 14.0 Å². The number of hydrogen-bond acceptors (Lipinski definition) is 2. The van der Waals surface area contributed by atoms with Crippen molar-refractivity contribution in [3.8, 4) is 0 Å². The predicted molar refractivity (Wildman–Crippen MR) is 51.5 cm³/mol. The second kappa shape index (κ2) is 3.15. The van der Waals surface area contributed by atoms with Gasteiger partial charge in [0.05, 0.1) is 5.41 Å². The minimum atomic E-state index is -0.856. The van der Waals surface area contributed by atoms with E-state index in [0.29, 0.717) is 5.56 Å². The molecule has 0 saturated carbocycles. The molecule has 0 bridgehead atoms. The van der Waals surface area contributed by atoms with Crippen LogP contribution in [0.25, 0.3) is 0 Å². The maximum Gasteiger partial charge on any atom is 0.237 e. The van der Waals surface area contributed by atoms with Crippen LogP contribution in [0.2, 0.25) is 0 Å². The summed E-state index contributed by atoms with van der Waals surface area (Å²) in [5.41, 5.74) is -0.197. The van der Waals surface area contributed by atoms with Crippen LogP contribution in [0.4, 0.5) is 4.39 Å². The van der Waals surface area contributed by atoms with Crippen molar-refractivity contribution in [1.82, 2.24) is 5.32 Å². The lowest BCUT2D eigenvalue weighted by atomic mass is 9.81. The molecular weight excluding hydrogens is 197 g/mol. The molecular formula is C11H10FNO2. The third kappa shape index (κ3) is 1.52. The van der Waals surface area contributed by atoms with E-state index < -0.39 is 5.41 Å². The molecule has 0 aliphatic carbocycles. The van der Waals surface area contributed by atoms with E-state index in [-0.39, 0.29) is 24.1 Å². The summed E-state index contributed by atoms with van der Waals surface area (Å²) in [6, 6.07) is 5.65. The van der Waals surface area contributed by atoms with E-state index in [0.717, 1.165) is 0 Å². The van der Waals surface area contributed by atoms with Gasteiger partial charge in [-0.1, -0.05) is 12.1 Å². The molecule has 2 amide bonds. The Morgan fingerprint density at radius 3 is 2.33 bits per heavy atom. The lowest BCUT2D eigenvalue weighted by Gasteiger charge is -2.19. The van der Waals surface area contributed by atoms with Crippen molar-refractivity contribution in [3.05, 3.63) is 35.6 Å². The molecule has 15 heavy (non-hydrogen) atoms. The fourth-order valence-electron chi connectivity index (χ4n) is 1.76. The molecule has 1 heterocycles. The molecule has 1 saturated heterocycles. The number of carbonyl (C=O) groups excluding carboxylic acids is 2. The van der Waals surface area contributed by atoms with E-state index in [1.807, 2.05) is 0 Å². The lowest BCUT2D eigenvalue weighted by Crippen LogP contribution is -2.32. The molecule has 0 spiro atoms. The van der Waals surface area contributed by atoms with Crippen molar-refractivity contribution < 1.29 is 14.0 Å². The molecule has 1 aromatic carbocycles. The number of rotatable bonds is 1. The van der Waals surface area contributed by atoms with Gasteiger partial charge in [0.25, 0.3) is 0 Å². The van der Waals surface area contributed by atoms with Gasteiger partial charge in [-0.15, -0.1) is 0 Å². The van der Waals surface area contributed by atoms with Crippen molar-refractivity contribution in [2.24, 2.45) is 0 Å². The van der Waals surface area contributed by atoms with Crippen LogP contribution in [0.15, 0.2) is 24.3 Å². The second-order valence-corrected chi connectivity index (χ2v) is 3.89. The van der Waals surface area contributed by atoms with Crippen LogP contribution in [0, 0.1) is 5.82 Å². The normalized spacial score (nSPS) is 25.5. The first-order valence-electron chi connectivity index (χ1n) is 4.63. The molecule has 1 aliphatic rings. The summed E-state index contributed by atoms with van der Waals surface area (Å²) in [5.74, 6) is -0.960. The Bertz CT molecular complexity index is 427. The number of imide groups is 1. The number of carbonyl (C=O) groups is 2. The summed E-state index contributed by atoms with van der Waals surface area (Å²) in [4.78, 5) is 22.7. The Hall–Kier alpha value is -1.71. The Balaban J connectivity index is 2.41. The minimum Gasteiger partial charge on any atom is -0.296 e. The van der Waals surface area contributed by atoms with Gasteiger partial charge in [-0.25, -0.2) is 4.39 Å².